The van der Waals surface area contributed by atoms with E-state index in [0.29, 0.717) is 27.2 Å². The molecule has 0 aliphatic carbocycles. The van der Waals surface area contributed by atoms with Crippen LogP contribution in [0.3, 0.4) is 0 Å². The van der Waals surface area contributed by atoms with Gasteiger partial charge in [-0.15, -0.1) is 10.2 Å². The molecule has 0 bridgehead atoms. The summed E-state index contributed by atoms with van der Waals surface area (Å²) in [6, 6.07) is 7.27. The first kappa shape index (κ1) is 12.3. The number of anilines is 1. The zero-order chi connectivity index (χ0) is 13.6. The highest BCUT2D eigenvalue weighted by Crippen LogP contribution is 2.29. The number of nitrogens with zero attached hydrogens (tertiary/aromatic N) is 3. The number of hydrogen-bond donors (Lipinski definition) is 1. The van der Waals surface area contributed by atoms with E-state index in [2.05, 4.69) is 10.2 Å². The molecule has 0 radical (unpaired) electrons. The van der Waals surface area contributed by atoms with Gasteiger partial charge >= 0.3 is 0 Å². The average Bonchev–Trinajstić information content (AvgIpc) is 2.82. The predicted molar refractivity (Wildman–Crippen MR) is 77.6 cm³/mol. The van der Waals surface area contributed by atoms with Crippen molar-refractivity contribution in [2.45, 2.75) is 6.92 Å². The van der Waals surface area contributed by atoms with E-state index in [1.807, 2.05) is 29.7 Å². The summed E-state index contributed by atoms with van der Waals surface area (Å²) in [5.74, 6) is 0.681. The lowest BCUT2D eigenvalue weighted by Gasteiger charge is -2.04. The van der Waals surface area contributed by atoms with Crippen molar-refractivity contribution < 1.29 is 0 Å². The van der Waals surface area contributed by atoms with E-state index in [4.69, 9.17) is 28.9 Å². The minimum Gasteiger partial charge on any atom is -0.395 e. The standard InChI is InChI=1S/C13H10Cl2N4/c1-7-4-5-19-12(17-18-13(19)11(7)16)8-2-3-9(14)10(15)6-8/h2-6H,16H2,1H3. The van der Waals surface area contributed by atoms with E-state index in [9.17, 15) is 0 Å². The number of pyridine rings is 1. The highest BCUT2D eigenvalue weighted by Gasteiger charge is 2.12. The van der Waals surface area contributed by atoms with Gasteiger partial charge in [-0.1, -0.05) is 23.2 Å². The second kappa shape index (κ2) is 4.40. The van der Waals surface area contributed by atoms with Crippen LogP contribution in [0.4, 0.5) is 5.69 Å². The first-order valence-electron chi connectivity index (χ1n) is 5.63. The molecule has 0 unspecified atom stereocenters. The maximum absolute atomic E-state index is 6.02. The van der Waals surface area contributed by atoms with Crippen molar-refractivity contribution >= 4 is 34.5 Å². The Hall–Kier alpha value is -1.78. The van der Waals surface area contributed by atoms with Crippen molar-refractivity contribution in [2.24, 2.45) is 0 Å². The maximum atomic E-state index is 6.02. The van der Waals surface area contributed by atoms with Crippen LogP contribution in [0, 0.1) is 6.92 Å². The molecule has 2 heterocycles. The molecule has 1 aromatic carbocycles. The number of nitrogens with two attached hydrogens (primary N) is 1. The number of benzene rings is 1. The van der Waals surface area contributed by atoms with Gasteiger partial charge in [0.15, 0.2) is 11.5 Å². The molecule has 0 saturated carbocycles. The Balaban J connectivity index is 2.26. The highest BCUT2D eigenvalue weighted by molar-refractivity contribution is 6.42. The van der Waals surface area contributed by atoms with E-state index in [-0.39, 0.29) is 0 Å². The highest BCUT2D eigenvalue weighted by atomic mass is 35.5. The zero-order valence-electron chi connectivity index (χ0n) is 10.1. The molecule has 0 amide bonds. The second-order valence-electron chi connectivity index (χ2n) is 4.26. The first-order valence-corrected chi connectivity index (χ1v) is 6.39. The largest absolute Gasteiger partial charge is 0.395 e. The smallest absolute Gasteiger partial charge is 0.184 e. The van der Waals surface area contributed by atoms with Crippen LogP contribution in [0.5, 0.6) is 0 Å². The maximum Gasteiger partial charge on any atom is 0.184 e. The van der Waals surface area contributed by atoms with E-state index >= 15 is 0 Å². The first-order chi connectivity index (χ1) is 9.08. The molecular weight excluding hydrogens is 283 g/mol. The summed E-state index contributed by atoms with van der Waals surface area (Å²) < 4.78 is 1.84. The lowest BCUT2D eigenvalue weighted by Crippen LogP contribution is -1.96. The third kappa shape index (κ3) is 1.93. The molecule has 3 aromatic rings. The van der Waals surface area contributed by atoms with Gasteiger partial charge in [0, 0.05) is 11.8 Å². The number of hydrogen-bond acceptors (Lipinski definition) is 3. The van der Waals surface area contributed by atoms with Gasteiger partial charge in [-0.05, 0) is 36.8 Å². The zero-order valence-corrected chi connectivity index (χ0v) is 11.6. The van der Waals surface area contributed by atoms with Crippen molar-refractivity contribution in [2.75, 3.05) is 5.73 Å². The molecule has 6 heteroatoms. The molecule has 3 rings (SSSR count). The summed E-state index contributed by atoms with van der Waals surface area (Å²) >= 11 is 11.9. The molecule has 2 N–H and O–H groups in total. The van der Waals surface area contributed by atoms with Gasteiger partial charge in [0.25, 0.3) is 0 Å². The molecule has 0 spiro atoms. The van der Waals surface area contributed by atoms with E-state index < -0.39 is 0 Å². The Kier molecular flexibility index (Phi) is 2.84. The van der Waals surface area contributed by atoms with Gasteiger partial charge < -0.3 is 5.73 Å². The van der Waals surface area contributed by atoms with E-state index in [0.717, 1.165) is 11.1 Å². The van der Waals surface area contributed by atoms with Gasteiger partial charge in [-0.25, -0.2) is 0 Å². The van der Waals surface area contributed by atoms with E-state index in [1.54, 1.807) is 12.1 Å². The third-order valence-corrected chi connectivity index (χ3v) is 3.75. The number of halogens is 2. The number of nitrogen functional groups attached to an aromatic ring is 1. The fraction of sp³-hybridized carbons (Fsp3) is 0.0769. The molecule has 0 aliphatic rings. The van der Waals surface area contributed by atoms with Crippen molar-refractivity contribution in [1.29, 1.82) is 0 Å². The monoisotopic (exact) mass is 292 g/mol. The normalized spacial score (nSPS) is 11.1. The molecule has 0 saturated heterocycles. The topological polar surface area (TPSA) is 56.2 Å². The Morgan fingerprint density at radius 2 is 1.89 bits per heavy atom. The number of fused-ring (bicyclic) bond motifs is 1. The molecule has 2 aromatic heterocycles. The average molecular weight is 293 g/mol. The molecule has 0 fully saturated rings. The number of aryl methyl sites for hydroxylation is 1. The molecule has 19 heavy (non-hydrogen) atoms. The van der Waals surface area contributed by atoms with Gasteiger partial charge in [0.1, 0.15) is 0 Å². The summed E-state index contributed by atoms with van der Waals surface area (Å²) in [4.78, 5) is 0. The van der Waals surface area contributed by atoms with Gasteiger partial charge in [-0.2, -0.15) is 0 Å². The summed E-state index contributed by atoms with van der Waals surface area (Å²) in [6.45, 7) is 1.93. The quantitative estimate of drug-likeness (QED) is 0.746. The Morgan fingerprint density at radius 1 is 1.11 bits per heavy atom. The summed E-state index contributed by atoms with van der Waals surface area (Å²) in [7, 11) is 0. The van der Waals surface area contributed by atoms with Gasteiger partial charge in [0.05, 0.1) is 15.7 Å². The Morgan fingerprint density at radius 3 is 2.63 bits per heavy atom. The fourth-order valence-electron chi connectivity index (χ4n) is 1.90. The second-order valence-corrected chi connectivity index (χ2v) is 5.07. The Bertz CT molecular complexity index is 780. The minimum absolute atomic E-state index is 0.482. The van der Waals surface area contributed by atoms with Crippen molar-refractivity contribution in [1.82, 2.24) is 14.6 Å². The van der Waals surface area contributed by atoms with Crippen molar-refractivity contribution in [3.63, 3.8) is 0 Å². The van der Waals surface area contributed by atoms with Crippen LogP contribution in [-0.4, -0.2) is 14.6 Å². The lowest BCUT2D eigenvalue weighted by atomic mass is 10.2. The van der Waals surface area contributed by atoms with Crippen molar-refractivity contribution in [3.8, 4) is 11.4 Å². The van der Waals surface area contributed by atoms with Crippen LogP contribution in [0.25, 0.3) is 17.0 Å². The Labute approximate surface area is 119 Å². The van der Waals surface area contributed by atoms with Crippen LogP contribution in [0.1, 0.15) is 5.56 Å². The van der Waals surface area contributed by atoms with Crippen LogP contribution in [0.2, 0.25) is 10.0 Å². The van der Waals surface area contributed by atoms with Crippen LogP contribution < -0.4 is 5.73 Å². The number of aromatic nitrogens is 3. The predicted octanol–water partition coefficient (Wildman–Crippen LogP) is 3.59. The molecule has 0 aliphatic heterocycles. The summed E-state index contributed by atoms with van der Waals surface area (Å²) in [5, 5.41) is 9.28. The number of rotatable bonds is 1. The molecule has 96 valence electrons. The lowest BCUT2D eigenvalue weighted by molar-refractivity contribution is 1.11. The van der Waals surface area contributed by atoms with Crippen LogP contribution >= 0.6 is 23.2 Å². The molecule has 4 nitrogen and oxygen atoms in total. The minimum atomic E-state index is 0.482. The SMILES string of the molecule is Cc1ccn2c(-c3ccc(Cl)c(Cl)c3)nnc2c1N. The summed E-state index contributed by atoms with van der Waals surface area (Å²) in [5.41, 5.74) is 9.07. The fourth-order valence-corrected chi connectivity index (χ4v) is 2.20. The third-order valence-electron chi connectivity index (χ3n) is 3.01. The molecule has 0 atom stereocenters. The van der Waals surface area contributed by atoms with Gasteiger partial charge in [0.2, 0.25) is 0 Å². The van der Waals surface area contributed by atoms with E-state index in [1.165, 1.54) is 0 Å². The van der Waals surface area contributed by atoms with Crippen LogP contribution in [0.15, 0.2) is 30.5 Å². The molecular formula is C13H10Cl2N4. The van der Waals surface area contributed by atoms with Crippen LogP contribution in [-0.2, 0) is 0 Å². The van der Waals surface area contributed by atoms with Crippen molar-refractivity contribution in [3.05, 3.63) is 46.1 Å². The summed E-state index contributed by atoms with van der Waals surface area (Å²) in [6.07, 6.45) is 1.89. The van der Waals surface area contributed by atoms with Gasteiger partial charge in [-0.3, -0.25) is 4.40 Å².